The van der Waals surface area contributed by atoms with Crippen molar-refractivity contribution in [2.75, 3.05) is 17.7 Å². The normalized spacial score (nSPS) is 10.4. The van der Waals surface area contributed by atoms with Crippen LogP contribution in [-0.4, -0.2) is 17.5 Å². The summed E-state index contributed by atoms with van der Waals surface area (Å²) in [6.45, 7) is 2.05. The largest absolute Gasteiger partial charge is 0.484 e. The zero-order valence-electron chi connectivity index (χ0n) is 13.9. The van der Waals surface area contributed by atoms with Crippen LogP contribution in [0.4, 0.5) is 10.8 Å². The first-order valence-electron chi connectivity index (χ1n) is 7.97. The second-order valence-electron chi connectivity index (χ2n) is 5.49. The van der Waals surface area contributed by atoms with Gasteiger partial charge in [0.2, 0.25) is 0 Å². The molecular formula is C19H19N3O2S. The number of nitrogens with two attached hydrogens (primary N) is 1. The van der Waals surface area contributed by atoms with Crippen LogP contribution in [0.1, 0.15) is 12.5 Å². The Balaban J connectivity index is 1.55. The van der Waals surface area contributed by atoms with Gasteiger partial charge in [0, 0.05) is 16.6 Å². The van der Waals surface area contributed by atoms with E-state index in [2.05, 4.69) is 17.2 Å². The number of ether oxygens (including phenoxy) is 1. The number of carbonyl (C=O) groups is 1. The number of nitrogens with zero attached hydrogens (tertiary/aromatic N) is 1. The Labute approximate surface area is 150 Å². The van der Waals surface area contributed by atoms with Crippen molar-refractivity contribution < 1.29 is 9.53 Å². The van der Waals surface area contributed by atoms with Crippen LogP contribution in [0.15, 0.2) is 53.9 Å². The fourth-order valence-electron chi connectivity index (χ4n) is 2.35. The first-order valence-corrected chi connectivity index (χ1v) is 8.85. The van der Waals surface area contributed by atoms with E-state index in [-0.39, 0.29) is 12.5 Å². The molecule has 6 heteroatoms. The van der Waals surface area contributed by atoms with Gasteiger partial charge in [0.15, 0.2) is 11.7 Å². The van der Waals surface area contributed by atoms with Gasteiger partial charge >= 0.3 is 0 Å². The summed E-state index contributed by atoms with van der Waals surface area (Å²) in [5.74, 6) is 0.499. The number of nitrogens with one attached hydrogen (secondary N) is 1. The van der Waals surface area contributed by atoms with E-state index in [4.69, 9.17) is 10.5 Å². The van der Waals surface area contributed by atoms with E-state index in [9.17, 15) is 4.79 Å². The highest BCUT2D eigenvalue weighted by molar-refractivity contribution is 7.13. The Morgan fingerprint density at radius 2 is 2.04 bits per heavy atom. The van der Waals surface area contributed by atoms with Crippen molar-refractivity contribution in [3.63, 3.8) is 0 Å². The molecule has 0 saturated heterocycles. The van der Waals surface area contributed by atoms with Crippen molar-refractivity contribution in [3.05, 3.63) is 59.5 Å². The predicted molar refractivity (Wildman–Crippen MR) is 102 cm³/mol. The van der Waals surface area contributed by atoms with Crippen LogP contribution in [-0.2, 0) is 11.2 Å². The summed E-state index contributed by atoms with van der Waals surface area (Å²) < 4.78 is 5.54. The first-order chi connectivity index (χ1) is 12.1. The van der Waals surface area contributed by atoms with Gasteiger partial charge in [-0.3, -0.25) is 4.79 Å². The minimum absolute atomic E-state index is 0.0302. The first kappa shape index (κ1) is 17.0. The van der Waals surface area contributed by atoms with Crippen LogP contribution in [0.3, 0.4) is 0 Å². The Morgan fingerprint density at radius 1 is 1.24 bits per heavy atom. The quantitative estimate of drug-likeness (QED) is 0.703. The van der Waals surface area contributed by atoms with E-state index in [0.29, 0.717) is 16.6 Å². The second kappa shape index (κ2) is 7.81. The maximum atomic E-state index is 12.0. The van der Waals surface area contributed by atoms with Crippen molar-refractivity contribution in [1.82, 2.24) is 4.98 Å². The summed E-state index contributed by atoms with van der Waals surface area (Å²) in [7, 11) is 0. The molecular weight excluding hydrogens is 334 g/mol. The van der Waals surface area contributed by atoms with Crippen LogP contribution in [0, 0.1) is 0 Å². The molecule has 0 radical (unpaired) electrons. The molecule has 2 aromatic carbocycles. The van der Waals surface area contributed by atoms with Gasteiger partial charge in [-0.05, 0) is 36.2 Å². The topological polar surface area (TPSA) is 77.2 Å². The number of aromatic nitrogens is 1. The number of carbonyl (C=O) groups excluding carboxylic acids is 1. The lowest BCUT2D eigenvalue weighted by atomic mass is 10.1. The average molecular weight is 353 g/mol. The van der Waals surface area contributed by atoms with E-state index in [1.165, 1.54) is 16.9 Å². The average Bonchev–Trinajstić information content (AvgIpc) is 3.07. The maximum absolute atomic E-state index is 12.0. The molecule has 0 aliphatic carbocycles. The SMILES string of the molecule is CCc1cccc(OCC(=O)Nc2ccc(-c3csc(N)n3)cc2)c1. The molecule has 25 heavy (non-hydrogen) atoms. The summed E-state index contributed by atoms with van der Waals surface area (Å²) in [5, 5.41) is 5.26. The number of hydrogen-bond donors (Lipinski definition) is 2. The van der Waals surface area contributed by atoms with Gasteiger partial charge in [-0.25, -0.2) is 4.98 Å². The molecule has 0 unspecified atom stereocenters. The van der Waals surface area contributed by atoms with Gasteiger partial charge in [0.05, 0.1) is 5.69 Å². The number of anilines is 2. The number of amides is 1. The van der Waals surface area contributed by atoms with Crippen LogP contribution < -0.4 is 15.8 Å². The molecule has 0 bridgehead atoms. The van der Waals surface area contributed by atoms with Gasteiger partial charge in [0.25, 0.3) is 5.91 Å². The van der Waals surface area contributed by atoms with Crippen molar-refractivity contribution in [3.8, 4) is 17.0 Å². The number of thiazole rings is 1. The molecule has 0 aliphatic heterocycles. The zero-order valence-corrected chi connectivity index (χ0v) is 14.7. The number of benzene rings is 2. The highest BCUT2D eigenvalue weighted by atomic mass is 32.1. The summed E-state index contributed by atoms with van der Waals surface area (Å²) in [5.41, 5.74) is 9.33. The van der Waals surface area contributed by atoms with Crippen molar-refractivity contribution in [2.45, 2.75) is 13.3 Å². The summed E-state index contributed by atoms with van der Waals surface area (Å²) in [6.07, 6.45) is 0.931. The monoisotopic (exact) mass is 353 g/mol. The van der Waals surface area contributed by atoms with E-state index in [0.717, 1.165) is 17.7 Å². The summed E-state index contributed by atoms with van der Waals surface area (Å²) in [4.78, 5) is 16.3. The second-order valence-corrected chi connectivity index (χ2v) is 6.38. The van der Waals surface area contributed by atoms with Gasteiger partial charge in [-0.15, -0.1) is 11.3 Å². The molecule has 0 saturated carbocycles. The summed E-state index contributed by atoms with van der Waals surface area (Å²) >= 11 is 1.40. The van der Waals surface area contributed by atoms with E-state index < -0.39 is 0 Å². The third-order valence-corrected chi connectivity index (χ3v) is 4.34. The smallest absolute Gasteiger partial charge is 0.262 e. The van der Waals surface area contributed by atoms with Crippen LogP contribution >= 0.6 is 11.3 Å². The minimum Gasteiger partial charge on any atom is -0.484 e. The molecule has 5 nitrogen and oxygen atoms in total. The third kappa shape index (κ3) is 4.58. The number of aryl methyl sites for hydroxylation is 1. The molecule has 3 N–H and O–H groups in total. The lowest BCUT2D eigenvalue weighted by Gasteiger charge is -2.09. The Hall–Kier alpha value is -2.86. The highest BCUT2D eigenvalue weighted by Gasteiger charge is 2.06. The minimum atomic E-state index is -0.201. The molecule has 0 aliphatic rings. The van der Waals surface area contributed by atoms with E-state index in [1.54, 1.807) is 0 Å². The highest BCUT2D eigenvalue weighted by Crippen LogP contribution is 2.24. The van der Waals surface area contributed by atoms with Gasteiger partial charge in [-0.2, -0.15) is 0 Å². The number of nitrogen functional groups attached to an aromatic ring is 1. The zero-order chi connectivity index (χ0) is 17.6. The van der Waals surface area contributed by atoms with Crippen LogP contribution in [0.25, 0.3) is 11.3 Å². The molecule has 0 fully saturated rings. The fraction of sp³-hybridized carbons (Fsp3) is 0.158. The van der Waals surface area contributed by atoms with Gasteiger partial charge in [-0.1, -0.05) is 31.2 Å². The number of hydrogen-bond acceptors (Lipinski definition) is 5. The predicted octanol–water partition coefficient (Wildman–Crippen LogP) is 3.97. The fourth-order valence-corrected chi connectivity index (χ4v) is 2.92. The number of rotatable bonds is 6. The molecule has 128 valence electrons. The Morgan fingerprint density at radius 3 is 2.72 bits per heavy atom. The van der Waals surface area contributed by atoms with Crippen LogP contribution in [0.2, 0.25) is 0 Å². The lowest BCUT2D eigenvalue weighted by Crippen LogP contribution is -2.20. The Kier molecular flexibility index (Phi) is 5.30. The third-order valence-electron chi connectivity index (χ3n) is 3.66. The molecule has 1 heterocycles. The lowest BCUT2D eigenvalue weighted by molar-refractivity contribution is -0.118. The molecule has 3 rings (SSSR count). The molecule has 1 aromatic heterocycles. The van der Waals surface area contributed by atoms with Gasteiger partial charge < -0.3 is 15.8 Å². The van der Waals surface area contributed by atoms with Crippen molar-refractivity contribution >= 4 is 28.1 Å². The van der Waals surface area contributed by atoms with Gasteiger partial charge in [0.1, 0.15) is 5.75 Å². The molecule has 1 amide bonds. The maximum Gasteiger partial charge on any atom is 0.262 e. The van der Waals surface area contributed by atoms with Crippen molar-refractivity contribution in [2.24, 2.45) is 0 Å². The molecule has 3 aromatic rings. The van der Waals surface area contributed by atoms with E-state index >= 15 is 0 Å². The molecule has 0 atom stereocenters. The Bertz CT molecular complexity index is 859. The van der Waals surface area contributed by atoms with Crippen LogP contribution in [0.5, 0.6) is 5.75 Å². The van der Waals surface area contributed by atoms with Crippen molar-refractivity contribution in [1.29, 1.82) is 0 Å². The molecule has 0 spiro atoms. The summed E-state index contributed by atoms with van der Waals surface area (Å²) in [6, 6.07) is 15.2. The standard InChI is InChI=1S/C19H19N3O2S/c1-2-13-4-3-5-16(10-13)24-11-18(23)21-15-8-6-14(7-9-15)17-12-25-19(20)22-17/h3-10,12H,2,11H2,1H3,(H2,20,22)(H,21,23). The van der Waals surface area contributed by atoms with E-state index in [1.807, 2.05) is 53.9 Å².